The van der Waals surface area contributed by atoms with E-state index in [0.717, 1.165) is 25.7 Å². The zero-order valence-electron chi connectivity index (χ0n) is 11.3. The summed E-state index contributed by atoms with van der Waals surface area (Å²) in [7, 11) is 0. The van der Waals surface area contributed by atoms with Crippen molar-refractivity contribution in [2.24, 2.45) is 5.92 Å². The molecule has 0 spiro atoms. The van der Waals surface area contributed by atoms with Crippen LogP contribution in [0.1, 0.15) is 32.6 Å². The summed E-state index contributed by atoms with van der Waals surface area (Å²) in [5.74, 6) is 1.28. The summed E-state index contributed by atoms with van der Waals surface area (Å²) < 4.78 is 5.45. The van der Waals surface area contributed by atoms with Crippen molar-refractivity contribution in [1.82, 2.24) is 9.97 Å². The van der Waals surface area contributed by atoms with Gasteiger partial charge in [0.2, 0.25) is 5.88 Å². The van der Waals surface area contributed by atoms with E-state index in [-0.39, 0.29) is 12.0 Å². The number of nitrogens with zero attached hydrogens (tertiary/aromatic N) is 2. The molecule has 1 aliphatic rings. The van der Waals surface area contributed by atoms with E-state index in [1.165, 1.54) is 6.33 Å². The van der Waals surface area contributed by atoms with Gasteiger partial charge < -0.3 is 20.9 Å². The van der Waals surface area contributed by atoms with Crippen molar-refractivity contribution in [2.45, 2.75) is 38.7 Å². The van der Waals surface area contributed by atoms with Gasteiger partial charge in [-0.2, -0.15) is 4.98 Å². The van der Waals surface area contributed by atoms with Crippen LogP contribution in [0.15, 0.2) is 6.33 Å². The molecule has 2 atom stereocenters. The van der Waals surface area contributed by atoms with Gasteiger partial charge >= 0.3 is 0 Å². The number of rotatable bonds is 6. The maximum atomic E-state index is 9.78. The Labute approximate surface area is 113 Å². The van der Waals surface area contributed by atoms with Crippen molar-refractivity contribution in [1.29, 1.82) is 0 Å². The summed E-state index contributed by atoms with van der Waals surface area (Å²) >= 11 is 0. The molecule has 0 aliphatic heterocycles. The molecule has 1 saturated carbocycles. The Morgan fingerprint density at radius 3 is 3.00 bits per heavy atom. The predicted octanol–water partition coefficient (Wildman–Crippen LogP) is 1.42. The molecule has 2 unspecified atom stereocenters. The molecule has 1 fully saturated rings. The molecule has 0 amide bonds. The number of aromatic nitrogens is 2. The highest BCUT2D eigenvalue weighted by Crippen LogP contribution is 2.28. The highest BCUT2D eigenvalue weighted by atomic mass is 16.5. The first-order valence-corrected chi connectivity index (χ1v) is 6.87. The molecule has 2 rings (SSSR count). The molecular weight excluding hydrogens is 244 g/mol. The Kier molecular flexibility index (Phi) is 4.79. The summed E-state index contributed by atoms with van der Waals surface area (Å²) in [6.07, 6.45) is 5.13. The molecule has 1 aromatic heterocycles. The second-order valence-electron chi connectivity index (χ2n) is 4.93. The van der Waals surface area contributed by atoms with Crippen LogP contribution in [0.3, 0.4) is 0 Å². The van der Waals surface area contributed by atoms with Crippen LogP contribution in [0.4, 0.5) is 11.5 Å². The summed E-state index contributed by atoms with van der Waals surface area (Å²) in [6, 6.07) is 0. The van der Waals surface area contributed by atoms with Crippen LogP contribution in [0.25, 0.3) is 0 Å². The number of hydrogen-bond donors (Lipinski definition) is 3. The van der Waals surface area contributed by atoms with Gasteiger partial charge in [0.1, 0.15) is 12.0 Å². The van der Waals surface area contributed by atoms with Gasteiger partial charge in [0, 0.05) is 12.5 Å². The van der Waals surface area contributed by atoms with E-state index >= 15 is 0 Å². The first-order valence-electron chi connectivity index (χ1n) is 6.87. The minimum absolute atomic E-state index is 0.216. The Morgan fingerprint density at radius 2 is 2.32 bits per heavy atom. The van der Waals surface area contributed by atoms with E-state index in [1.54, 1.807) is 0 Å². The number of aliphatic hydroxyl groups excluding tert-OH is 1. The first-order chi connectivity index (χ1) is 9.22. The van der Waals surface area contributed by atoms with Crippen molar-refractivity contribution in [3.05, 3.63) is 6.33 Å². The molecule has 106 valence electrons. The van der Waals surface area contributed by atoms with Gasteiger partial charge in [-0.15, -0.1) is 0 Å². The van der Waals surface area contributed by atoms with Crippen molar-refractivity contribution < 1.29 is 9.84 Å². The zero-order chi connectivity index (χ0) is 13.7. The van der Waals surface area contributed by atoms with Crippen molar-refractivity contribution in [3.8, 4) is 5.88 Å². The summed E-state index contributed by atoms with van der Waals surface area (Å²) in [5, 5.41) is 13.0. The third-order valence-electron chi connectivity index (χ3n) is 3.44. The van der Waals surface area contributed by atoms with E-state index in [9.17, 15) is 5.11 Å². The van der Waals surface area contributed by atoms with Gasteiger partial charge in [-0.05, 0) is 19.3 Å². The molecule has 0 saturated heterocycles. The number of hydrogen-bond acceptors (Lipinski definition) is 6. The van der Waals surface area contributed by atoms with Crippen molar-refractivity contribution in [2.75, 3.05) is 24.2 Å². The number of aliphatic hydroxyl groups is 1. The Balaban J connectivity index is 1.96. The summed E-state index contributed by atoms with van der Waals surface area (Å²) in [4.78, 5) is 8.15. The molecule has 0 aromatic carbocycles. The molecule has 19 heavy (non-hydrogen) atoms. The number of anilines is 2. The minimum atomic E-state index is -0.216. The van der Waals surface area contributed by atoms with Gasteiger partial charge in [0.15, 0.2) is 5.82 Å². The standard InChI is InChI=1S/C13H22N4O2/c1-2-6-19-13-11(14)12(16-8-17-13)15-7-9-4-3-5-10(9)18/h8-10,18H,2-7,14H2,1H3,(H,15,16,17). The maximum absolute atomic E-state index is 9.78. The number of ether oxygens (including phenoxy) is 1. The normalized spacial score (nSPS) is 22.4. The van der Waals surface area contributed by atoms with Crippen LogP contribution in [0.2, 0.25) is 0 Å². The lowest BCUT2D eigenvalue weighted by Crippen LogP contribution is -2.22. The fourth-order valence-electron chi connectivity index (χ4n) is 2.32. The van der Waals surface area contributed by atoms with E-state index < -0.39 is 0 Å². The predicted molar refractivity (Wildman–Crippen MR) is 74.1 cm³/mol. The van der Waals surface area contributed by atoms with Gasteiger partial charge in [-0.3, -0.25) is 0 Å². The lowest BCUT2D eigenvalue weighted by atomic mass is 10.1. The fourth-order valence-corrected chi connectivity index (χ4v) is 2.32. The maximum Gasteiger partial charge on any atom is 0.242 e. The fraction of sp³-hybridized carbons (Fsp3) is 0.692. The molecule has 0 bridgehead atoms. The molecule has 1 aromatic rings. The summed E-state index contributed by atoms with van der Waals surface area (Å²) in [5.41, 5.74) is 6.40. The SMILES string of the molecule is CCCOc1ncnc(NCC2CCCC2O)c1N. The number of nitrogen functional groups attached to an aromatic ring is 1. The Morgan fingerprint density at radius 1 is 1.47 bits per heavy atom. The minimum Gasteiger partial charge on any atom is -0.476 e. The highest BCUT2D eigenvalue weighted by Gasteiger charge is 2.25. The highest BCUT2D eigenvalue weighted by molar-refractivity contribution is 5.66. The molecule has 0 radical (unpaired) electrons. The zero-order valence-corrected chi connectivity index (χ0v) is 11.3. The molecule has 6 heteroatoms. The van der Waals surface area contributed by atoms with Crippen molar-refractivity contribution >= 4 is 11.5 Å². The number of nitrogens with two attached hydrogens (primary N) is 1. The van der Waals surface area contributed by atoms with Crippen LogP contribution >= 0.6 is 0 Å². The molecule has 6 nitrogen and oxygen atoms in total. The Bertz CT molecular complexity index is 414. The van der Waals surface area contributed by atoms with Gasteiger partial charge in [-0.1, -0.05) is 13.3 Å². The molecule has 1 aliphatic carbocycles. The van der Waals surface area contributed by atoms with Crippen molar-refractivity contribution in [3.63, 3.8) is 0 Å². The summed E-state index contributed by atoms with van der Waals surface area (Å²) in [6.45, 7) is 3.29. The monoisotopic (exact) mass is 266 g/mol. The lowest BCUT2D eigenvalue weighted by molar-refractivity contribution is 0.138. The quantitative estimate of drug-likeness (QED) is 0.721. The van der Waals surface area contributed by atoms with E-state index in [4.69, 9.17) is 10.5 Å². The average Bonchev–Trinajstić information content (AvgIpc) is 2.82. The van der Waals surface area contributed by atoms with Gasteiger partial charge in [-0.25, -0.2) is 4.98 Å². The van der Waals surface area contributed by atoms with Crippen LogP contribution in [0, 0.1) is 5.92 Å². The molecular formula is C13H22N4O2. The van der Waals surface area contributed by atoms with Gasteiger partial charge in [0.05, 0.1) is 12.7 Å². The first kappa shape index (κ1) is 13.9. The lowest BCUT2D eigenvalue weighted by Gasteiger charge is -2.17. The largest absolute Gasteiger partial charge is 0.476 e. The Hall–Kier alpha value is -1.56. The van der Waals surface area contributed by atoms with E-state index in [2.05, 4.69) is 15.3 Å². The average molecular weight is 266 g/mol. The number of nitrogens with one attached hydrogen (secondary N) is 1. The molecule has 1 heterocycles. The smallest absolute Gasteiger partial charge is 0.242 e. The van der Waals surface area contributed by atoms with Gasteiger partial charge in [0.25, 0.3) is 0 Å². The van der Waals surface area contributed by atoms with E-state index in [0.29, 0.717) is 30.5 Å². The van der Waals surface area contributed by atoms with Crippen LogP contribution in [0.5, 0.6) is 5.88 Å². The van der Waals surface area contributed by atoms with Crippen LogP contribution < -0.4 is 15.8 Å². The third kappa shape index (κ3) is 3.47. The molecule has 4 N–H and O–H groups in total. The topological polar surface area (TPSA) is 93.3 Å². The van der Waals surface area contributed by atoms with Crippen LogP contribution in [-0.4, -0.2) is 34.3 Å². The van der Waals surface area contributed by atoms with Crippen LogP contribution in [-0.2, 0) is 0 Å². The third-order valence-corrected chi connectivity index (χ3v) is 3.44. The van der Waals surface area contributed by atoms with E-state index in [1.807, 2.05) is 6.92 Å². The second-order valence-corrected chi connectivity index (χ2v) is 4.93. The second kappa shape index (κ2) is 6.56.